The number of carbonyl (C=O) groups excluding carboxylic acids is 1. The van der Waals surface area contributed by atoms with E-state index in [4.69, 9.17) is 4.74 Å². The Bertz CT molecular complexity index is 1010. The first-order chi connectivity index (χ1) is 13.1. The average Bonchev–Trinajstić information content (AvgIpc) is 2.69. The first-order valence-electron chi connectivity index (χ1n) is 8.99. The Kier molecular flexibility index (Phi) is 4.32. The van der Waals surface area contributed by atoms with E-state index in [1.165, 1.54) is 0 Å². The van der Waals surface area contributed by atoms with Gasteiger partial charge in [0.15, 0.2) is 0 Å². The van der Waals surface area contributed by atoms with E-state index in [1.807, 2.05) is 66.4 Å². The van der Waals surface area contributed by atoms with Gasteiger partial charge in [-0.2, -0.15) is 0 Å². The second-order valence-corrected chi connectivity index (χ2v) is 6.78. The average molecular weight is 358 g/mol. The van der Waals surface area contributed by atoms with E-state index in [1.54, 1.807) is 7.11 Å². The number of amides is 1. The van der Waals surface area contributed by atoms with Crippen LogP contribution in [-0.2, 0) is 0 Å². The van der Waals surface area contributed by atoms with E-state index in [0.717, 1.165) is 33.8 Å². The number of carbonyl (C=O) groups is 1. The quantitative estimate of drug-likeness (QED) is 0.710. The molecule has 27 heavy (non-hydrogen) atoms. The number of nitrogens with one attached hydrogen (secondary N) is 1. The Balaban J connectivity index is 1.91. The highest BCUT2D eigenvalue weighted by molar-refractivity contribution is 6.12. The van der Waals surface area contributed by atoms with Gasteiger partial charge < -0.3 is 10.1 Å². The van der Waals surface area contributed by atoms with Gasteiger partial charge in [0, 0.05) is 11.8 Å². The van der Waals surface area contributed by atoms with Crippen molar-refractivity contribution in [1.29, 1.82) is 0 Å². The van der Waals surface area contributed by atoms with Gasteiger partial charge in [-0.05, 0) is 48.7 Å². The van der Waals surface area contributed by atoms with E-state index >= 15 is 0 Å². The molecule has 1 unspecified atom stereocenters. The lowest BCUT2D eigenvalue weighted by Gasteiger charge is -2.39. The first-order valence-corrected chi connectivity index (χ1v) is 8.99. The Morgan fingerprint density at radius 3 is 2.33 bits per heavy atom. The zero-order chi connectivity index (χ0) is 19.0. The van der Waals surface area contributed by atoms with Crippen molar-refractivity contribution in [1.82, 2.24) is 0 Å². The van der Waals surface area contributed by atoms with Gasteiger partial charge in [0.1, 0.15) is 11.9 Å². The largest absolute Gasteiger partial charge is 0.497 e. The second kappa shape index (κ2) is 6.80. The minimum Gasteiger partial charge on any atom is -0.497 e. The van der Waals surface area contributed by atoms with E-state index in [-0.39, 0.29) is 12.1 Å². The van der Waals surface area contributed by atoms with Crippen LogP contribution in [-0.4, -0.2) is 13.0 Å². The molecule has 4 nitrogen and oxygen atoms in total. The first kappa shape index (κ1) is 17.2. The molecule has 1 aliphatic heterocycles. The maximum atomic E-state index is 13.5. The van der Waals surface area contributed by atoms with Gasteiger partial charge in [-0.25, -0.2) is 0 Å². The van der Waals surface area contributed by atoms with Gasteiger partial charge in [0.2, 0.25) is 0 Å². The highest BCUT2D eigenvalue weighted by atomic mass is 16.5. The van der Waals surface area contributed by atoms with Crippen LogP contribution in [0.4, 0.5) is 11.4 Å². The minimum absolute atomic E-state index is 0.0195. The number of rotatable bonds is 3. The van der Waals surface area contributed by atoms with Crippen LogP contribution in [0.2, 0.25) is 0 Å². The molecule has 0 saturated carbocycles. The Morgan fingerprint density at radius 1 is 0.926 bits per heavy atom. The van der Waals surface area contributed by atoms with Gasteiger partial charge in [-0.3, -0.25) is 9.69 Å². The molecule has 1 amide bonds. The molecule has 3 aromatic rings. The predicted molar refractivity (Wildman–Crippen MR) is 109 cm³/mol. The lowest BCUT2D eigenvalue weighted by molar-refractivity contribution is 0.0974. The maximum Gasteiger partial charge on any atom is 0.262 e. The summed E-state index contributed by atoms with van der Waals surface area (Å²) in [4.78, 5) is 15.4. The van der Waals surface area contributed by atoms with E-state index in [0.29, 0.717) is 5.56 Å². The van der Waals surface area contributed by atoms with E-state index < -0.39 is 0 Å². The number of hydrogen-bond acceptors (Lipinski definition) is 3. The molecule has 0 radical (unpaired) electrons. The number of methoxy groups -OCH3 is 1. The number of hydrogen-bond donors (Lipinski definition) is 1. The third-order valence-corrected chi connectivity index (χ3v) is 5.08. The molecule has 1 atom stereocenters. The molecule has 0 aromatic heterocycles. The fraction of sp³-hybridized carbons (Fsp3) is 0.174. The molecule has 4 heteroatoms. The molecule has 1 aliphatic rings. The topological polar surface area (TPSA) is 41.6 Å². The fourth-order valence-corrected chi connectivity index (χ4v) is 3.61. The van der Waals surface area contributed by atoms with Gasteiger partial charge in [-0.1, -0.05) is 42.5 Å². The van der Waals surface area contributed by atoms with Crippen LogP contribution in [0.15, 0.2) is 66.7 Å². The molecule has 136 valence electrons. The standard InChI is InChI=1S/C23H22N2O2/c1-15-8-4-6-10-18(15)22-24-20-14-17(27-3)12-13-19(20)23(26)25(22)21-11-7-5-9-16(21)2/h4-14,22,24H,1-3H3. The lowest BCUT2D eigenvalue weighted by Crippen LogP contribution is -2.43. The monoisotopic (exact) mass is 358 g/mol. The number of ether oxygens (including phenoxy) is 1. The zero-order valence-electron chi connectivity index (χ0n) is 15.7. The molecule has 3 aromatic carbocycles. The van der Waals surface area contributed by atoms with E-state index in [2.05, 4.69) is 24.4 Å². The van der Waals surface area contributed by atoms with Crippen molar-refractivity contribution >= 4 is 17.3 Å². The predicted octanol–water partition coefficient (Wildman–Crippen LogP) is 5.08. The third kappa shape index (κ3) is 2.93. The molecule has 1 N–H and O–H groups in total. The van der Waals surface area contributed by atoms with Crippen LogP contribution in [0.3, 0.4) is 0 Å². The number of benzene rings is 3. The van der Waals surface area contributed by atoms with Crippen molar-refractivity contribution in [2.24, 2.45) is 0 Å². The molecular weight excluding hydrogens is 336 g/mol. The van der Waals surface area contributed by atoms with Crippen LogP contribution in [0.25, 0.3) is 0 Å². The fourth-order valence-electron chi connectivity index (χ4n) is 3.61. The van der Waals surface area contributed by atoms with Gasteiger partial charge in [0.25, 0.3) is 5.91 Å². The molecule has 0 bridgehead atoms. The van der Waals surface area contributed by atoms with Crippen LogP contribution in [0.1, 0.15) is 33.2 Å². The van der Waals surface area contributed by atoms with E-state index in [9.17, 15) is 4.79 Å². The molecule has 1 heterocycles. The van der Waals surface area contributed by atoms with Gasteiger partial charge in [0.05, 0.1) is 18.4 Å². The van der Waals surface area contributed by atoms with Crippen LogP contribution >= 0.6 is 0 Å². The maximum absolute atomic E-state index is 13.5. The van der Waals surface area contributed by atoms with Gasteiger partial charge in [-0.15, -0.1) is 0 Å². The molecular formula is C23H22N2O2. The lowest BCUT2D eigenvalue weighted by atomic mass is 9.98. The van der Waals surface area contributed by atoms with Crippen molar-refractivity contribution in [3.8, 4) is 5.75 Å². The summed E-state index contributed by atoms with van der Waals surface area (Å²) < 4.78 is 5.35. The number of aryl methyl sites for hydroxylation is 2. The highest BCUT2D eigenvalue weighted by Gasteiger charge is 2.35. The molecule has 4 rings (SSSR count). The summed E-state index contributed by atoms with van der Waals surface area (Å²) >= 11 is 0. The second-order valence-electron chi connectivity index (χ2n) is 6.78. The van der Waals surface area contributed by atoms with Crippen molar-refractivity contribution in [3.63, 3.8) is 0 Å². The summed E-state index contributed by atoms with van der Waals surface area (Å²) in [6.45, 7) is 4.10. The van der Waals surface area contributed by atoms with Crippen molar-refractivity contribution < 1.29 is 9.53 Å². The normalized spacial score (nSPS) is 15.9. The van der Waals surface area contributed by atoms with Crippen LogP contribution in [0.5, 0.6) is 5.75 Å². The summed E-state index contributed by atoms with van der Waals surface area (Å²) in [5.74, 6) is 0.705. The number of fused-ring (bicyclic) bond motifs is 1. The Hall–Kier alpha value is -3.27. The smallest absolute Gasteiger partial charge is 0.262 e. The summed E-state index contributed by atoms with van der Waals surface area (Å²) in [7, 11) is 1.63. The number of anilines is 2. The number of nitrogens with zero attached hydrogens (tertiary/aromatic N) is 1. The Morgan fingerprint density at radius 2 is 1.63 bits per heavy atom. The Labute approximate surface area is 159 Å². The highest BCUT2D eigenvalue weighted by Crippen LogP contribution is 2.39. The molecule has 0 spiro atoms. The summed E-state index contributed by atoms with van der Waals surface area (Å²) in [6, 6.07) is 21.7. The number of para-hydroxylation sites is 1. The summed E-state index contributed by atoms with van der Waals surface area (Å²) in [6.07, 6.45) is -0.292. The van der Waals surface area contributed by atoms with Crippen molar-refractivity contribution in [2.75, 3.05) is 17.3 Å². The molecule has 0 saturated heterocycles. The van der Waals surface area contributed by atoms with Crippen molar-refractivity contribution in [2.45, 2.75) is 20.0 Å². The zero-order valence-corrected chi connectivity index (χ0v) is 15.7. The summed E-state index contributed by atoms with van der Waals surface area (Å²) in [5, 5.41) is 3.56. The SMILES string of the molecule is COc1ccc2c(c1)NC(c1ccccc1C)N(c1ccccc1C)C2=O. The van der Waals surface area contributed by atoms with Crippen LogP contribution in [0, 0.1) is 13.8 Å². The summed E-state index contributed by atoms with van der Waals surface area (Å²) in [5.41, 5.74) is 5.60. The molecule has 0 fully saturated rings. The van der Waals surface area contributed by atoms with Gasteiger partial charge >= 0.3 is 0 Å². The third-order valence-electron chi connectivity index (χ3n) is 5.08. The minimum atomic E-state index is -0.292. The van der Waals surface area contributed by atoms with Crippen LogP contribution < -0.4 is 15.0 Å². The molecule has 0 aliphatic carbocycles. The van der Waals surface area contributed by atoms with Crippen molar-refractivity contribution in [3.05, 3.63) is 89.0 Å².